The Hall–Kier alpha value is -1.68. The van der Waals surface area contributed by atoms with Gasteiger partial charge in [0.15, 0.2) is 0 Å². The van der Waals surface area contributed by atoms with E-state index in [1.807, 2.05) is 24.3 Å². The van der Waals surface area contributed by atoms with E-state index in [0.29, 0.717) is 12.3 Å². The highest BCUT2D eigenvalue weighted by Crippen LogP contribution is 2.31. The fraction of sp³-hybridized carbons (Fsp3) is 0.294. The van der Waals surface area contributed by atoms with E-state index in [0.717, 1.165) is 28.8 Å². The molecule has 21 heavy (non-hydrogen) atoms. The Balaban J connectivity index is 1.77. The van der Waals surface area contributed by atoms with Gasteiger partial charge in [0.25, 0.3) is 0 Å². The van der Waals surface area contributed by atoms with Gasteiger partial charge >= 0.3 is 0 Å². The molecule has 3 nitrogen and oxygen atoms in total. The normalized spacial score (nSPS) is 14.4. The molecule has 0 aromatic heterocycles. The van der Waals surface area contributed by atoms with Crippen LogP contribution in [-0.4, -0.2) is 18.2 Å². The third-order valence-electron chi connectivity index (χ3n) is 3.89. The first-order chi connectivity index (χ1) is 10.3. The van der Waals surface area contributed by atoms with Gasteiger partial charge in [-0.1, -0.05) is 24.3 Å². The molecular weight excluding hydrogens is 328 g/mol. The van der Waals surface area contributed by atoms with Crippen molar-refractivity contribution in [3.8, 4) is 5.75 Å². The second kappa shape index (κ2) is 6.39. The van der Waals surface area contributed by atoms with Crippen molar-refractivity contribution in [2.45, 2.75) is 19.4 Å². The molecule has 4 heteroatoms. The number of hydrogen-bond acceptors (Lipinski definition) is 3. The van der Waals surface area contributed by atoms with Crippen LogP contribution in [0.15, 0.2) is 46.9 Å². The molecule has 110 valence electrons. The number of para-hydroxylation sites is 3. The lowest BCUT2D eigenvalue weighted by Gasteiger charge is -2.22. The molecule has 1 heterocycles. The summed E-state index contributed by atoms with van der Waals surface area (Å²) in [7, 11) is 0. The summed E-state index contributed by atoms with van der Waals surface area (Å²) < 4.78 is 0.731. The molecule has 0 atom stereocenters. The minimum atomic E-state index is 0.309. The number of hydrogen-bond donors (Lipinski definition) is 2. The van der Waals surface area contributed by atoms with E-state index in [9.17, 15) is 5.11 Å². The maximum Gasteiger partial charge on any atom is 0.134 e. The highest BCUT2D eigenvalue weighted by atomic mass is 79.9. The second-order valence-electron chi connectivity index (χ2n) is 5.31. The molecule has 2 aromatic carbocycles. The number of nitrogens with one attached hydrogen (secondary N) is 1. The van der Waals surface area contributed by atoms with Gasteiger partial charge in [-0.3, -0.25) is 0 Å². The Morgan fingerprint density at radius 2 is 1.81 bits per heavy atom. The molecule has 0 radical (unpaired) electrons. The van der Waals surface area contributed by atoms with E-state index in [1.165, 1.54) is 18.5 Å². The number of phenols is 1. The summed E-state index contributed by atoms with van der Waals surface area (Å²) in [6, 6.07) is 14.1. The van der Waals surface area contributed by atoms with Crippen molar-refractivity contribution in [1.82, 2.24) is 0 Å². The van der Waals surface area contributed by atoms with Gasteiger partial charge in [-0.2, -0.15) is 0 Å². The summed E-state index contributed by atoms with van der Waals surface area (Å²) in [5.41, 5.74) is 3.27. The summed E-state index contributed by atoms with van der Waals surface area (Å²) in [5.74, 6) is 0.309. The van der Waals surface area contributed by atoms with Gasteiger partial charge in [-0.25, -0.2) is 0 Å². The molecule has 3 rings (SSSR count). The number of anilines is 2. The lowest BCUT2D eigenvalue weighted by Crippen LogP contribution is -2.19. The average molecular weight is 347 g/mol. The van der Waals surface area contributed by atoms with Crippen molar-refractivity contribution in [2.75, 3.05) is 23.3 Å². The van der Waals surface area contributed by atoms with Crippen LogP contribution in [0, 0.1) is 0 Å². The predicted molar refractivity (Wildman–Crippen MR) is 91.0 cm³/mol. The Bertz CT molecular complexity index is 624. The smallest absolute Gasteiger partial charge is 0.134 e. The van der Waals surface area contributed by atoms with Crippen LogP contribution in [0.3, 0.4) is 0 Å². The van der Waals surface area contributed by atoms with Crippen molar-refractivity contribution >= 4 is 27.3 Å². The van der Waals surface area contributed by atoms with Gasteiger partial charge < -0.3 is 15.3 Å². The minimum Gasteiger partial charge on any atom is -0.506 e. The number of benzene rings is 2. The molecule has 1 saturated heterocycles. The second-order valence-corrected chi connectivity index (χ2v) is 6.17. The molecule has 1 aliphatic heterocycles. The van der Waals surface area contributed by atoms with Crippen LogP contribution >= 0.6 is 15.9 Å². The number of phenolic OH excluding ortho intramolecular Hbond substituents is 1. The summed E-state index contributed by atoms with van der Waals surface area (Å²) in [6.45, 7) is 2.86. The lowest BCUT2D eigenvalue weighted by atomic mass is 10.2. The van der Waals surface area contributed by atoms with Crippen molar-refractivity contribution in [3.05, 3.63) is 52.5 Å². The van der Waals surface area contributed by atoms with Crippen LogP contribution in [0.2, 0.25) is 0 Å². The van der Waals surface area contributed by atoms with Crippen LogP contribution < -0.4 is 10.2 Å². The van der Waals surface area contributed by atoms with Crippen LogP contribution in [0.5, 0.6) is 5.75 Å². The van der Waals surface area contributed by atoms with Gasteiger partial charge in [0.1, 0.15) is 5.75 Å². The van der Waals surface area contributed by atoms with E-state index in [4.69, 9.17) is 0 Å². The zero-order chi connectivity index (χ0) is 14.7. The maximum atomic E-state index is 10.1. The molecule has 0 bridgehead atoms. The zero-order valence-electron chi connectivity index (χ0n) is 11.8. The molecule has 0 saturated carbocycles. The first-order valence-electron chi connectivity index (χ1n) is 7.30. The summed E-state index contributed by atoms with van der Waals surface area (Å²) >= 11 is 3.35. The largest absolute Gasteiger partial charge is 0.506 e. The number of aromatic hydroxyl groups is 1. The zero-order valence-corrected chi connectivity index (χ0v) is 13.4. The highest BCUT2D eigenvalue weighted by molar-refractivity contribution is 9.10. The standard InChI is InChI=1S/C17H19BrN2O/c18-14-7-5-6-13(17(14)21)12-19-15-8-1-2-9-16(15)20-10-3-4-11-20/h1-2,5-9,19,21H,3-4,10-12H2. The molecule has 2 N–H and O–H groups in total. The van der Waals surface area contributed by atoms with E-state index in [-0.39, 0.29) is 0 Å². The Morgan fingerprint density at radius 1 is 1.05 bits per heavy atom. The van der Waals surface area contributed by atoms with Gasteiger partial charge in [-0.15, -0.1) is 0 Å². The maximum absolute atomic E-state index is 10.1. The number of nitrogens with zero attached hydrogens (tertiary/aromatic N) is 1. The third kappa shape index (κ3) is 3.16. The van der Waals surface area contributed by atoms with Gasteiger partial charge in [-0.05, 0) is 47.0 Å². The minimum absolute atomic E-state index is 0.309. The monoisotopic (exact) mass is 346 g/mol. The van der Waals surface area contributed by atoms with E-state index in [2.05, 4.69) is 44.3 Å². The Kier molecular flexibility index (Phi) is 4.34. The topological polar surface area (TPSA) is 35.5 Å². The summed E-state index contributed by atoms with van der Waals surface area (Å²) in [5, 5.41) is 13.5. The van der Waals surface area contributed by atoms with Crippen molar-refractivity contribution in [1.29, 1.82) is 0 Å². The van der Waals surface area contributed by atoms with Crippen LogP contribution in [0.25, 0.3) is 0 Å². The fourth-order valence-corrected chi connectivity index (χ4v) is 3.16. The van der Waals surface area contributed by atoms with Crippen LogP contribution in [-0.2, 0) is 6.54 Å². The molecule has 2 aromatic rings. The van der Waals surface area contributed by atoms with Gasteiger partial charge in [0, 0.05) is 25.2 Å². The van der Waals surface area contributed by atoms with Crippen LogP contribution in [0.4, 0.5) is 11.4 Å². The molecule has 0 unspecified atom stereocenters. The van der Waals surface area contributed by atoms with E-state index in [1.54, 1.807) is 0 Å². The Labute approximate surface area is 133 Å². The lowest BCUT2D eigenvalue weighted by molar-refractivity contribution is 0.465. The third-order valence-corrected chi connectivity index (χ3v) is 4.53. The molecule has 0 amide bonds. The molecule has 0 aliphatic carbocycles. The highest BCUT2D eigenvalue weighted by Gasteiger charge is 2.15. The first kappa shape index (κ1) is 14.3. The molecule has 1 aliphatic rings. The Morgan fingerprint density at radius 3 is 2.62 bits per heavy atom. The van der Waals surface area contributed by atoms with Gasteiger partial charge in [0.2, 0.25) is 0 Å². The van der Waals surface area contributed by atoms with Gasteiger partial charge in [0.05, 0.1) is 15.8 Å². The quantitative estimate of drug-likeness (QED) is 0.862. The molecular formula is C17H19BrN2O. The number of halogens is 1. The average Bonchev–Trinajstić information content (AvgIpc) is 3.03. The summed E-state index contributed by atoms with van der Waals surface area (Å²) in [4.78, 5) is 2.42. The van der Waals surface area contributed by atoms with Crippen molar-refractivity contribution in [2.24, 2.45) is 0 Å². The first-order valence-corrected chi connectivity index (χ1v) is 8.09. The summed E-state index contributed by atoms with van der Waals surface area (Å²) in [6.07, 6.45) is 2.53. The van der Waals surface area contributed by atoms with Crippen LogP contribution in [0.1, 0.15) is 18.4 Å². The van der Waals surface area contributed by atoms with E-state index < -0.39 is 0 Å². The van der Waals surface area contributed by atoms with Crippen molar-refractivity contribution in [3.63, 3.8) is 0 Å². The van der Waals surface area contributed by atoms with Crippen molar-refractivity contribution < 1.29 is 5.11 Å². The van der Waals surface area contributed by atoms with E-state index >= 15 is 0 Å². The molecule has 1 fully saturated rings. The SMILES string of the molecule is Oc1c(Br)cccc1CNc1ccccc1N1CCCC1. The number of rotatable bonds is 4. The molecule has 0 spiro atoms. The fourth-order valence-electron chi connectivity index (χ4n) is 2.75. The predicted octanol–water partition coefficient (Wildman–Crippen LogP) is 4.37.